The minimum absolute atomic E-state index is 0.558. The van der Waals surface area contributed by atoms with E-state index in [0.717, 1.165) is 87.8 Å². The Labute approximate surface area is 324 Å². The lowest BCUT2D eigenvalue weighted by atomic mass is 9.48. The molecule has 2 heterocycles. The lowest BCUT2D eigenvalue weighted by Gasteiger charge is -2.58. The van der Waals surface area contributed by atoms with Gasteiger partial charge in [-0.1, -0.05) is 89.9 Å². The molecule has 11 fully saturated rings. The average molecular weight is 730 g/mol. The van der Waals surface area contributed by atoms with Gasteiger partial charge in [0, 0.05) is 34.5 Å². The molecule has 3 heteroatoms. The molecule has 11 rings (SSSR count). The second-order valence-corrected chi connectivity index (χ2v) is 23.4. The molecule has 9 saturated carbocycles. The van der Waals surface area contributed by atoms with E-state index in [1.54, 1.807) is 89.9 Å². The molecule has 11 aliphatic rings. The third kappa shape index (κ3) is 5.70. The van der Waals surface area contributed by atoms with E-state index in [1.807, 2.05) is 0 Å². The average Bonchev–Trinajstić information content (AvgIpc) is 3.88. The fraction of sp³-hybridized carbons (Fsp3) is 1.00. The highest BCUT2D eigenvalue weighted by molar-refractivity contribution is 8.00. The molecule has 0 aromatic carbocycles. The van der Waals surface area contributed by atoms with E-state index in [9.17, 15) is 0 Å². The molecule has 0 spiro atoms. The maximum atomic E-state index is 7.85. The van der Waals surface area contributed by atoms with Crippen molar-refractivity contribution in [3.05, 3.63) is 0 Å². The third-order valence-corrected chi connectivity index (χ3v) is 22.1. The monoisotopic (exact) mass is 730 g/mol. The smallest absolute Gasteiger partial charge is 0.0766 e. The van der Waals surface area contributed by atoms with Crippen molar-refractivity contribution in [3.8, 4) is 0 Å². The first kappa shape index (κ1) is 35.4. The molecule has 14 unspecified atom stereocenters. The van der Waals surface area contributed by atoms with E-state index in [-0.39, 0.29) is 0 Å². The number of ether oxygens (including phenoxy) is 1. The van der Waals surface area contributed by atoms with Crippen molar-refractivity contribution in [2.75, 3.05) is 0 Å². The summed E-state index contributed by atoms with van der Waals surface area (Å²) in [6.07, 6.45) is 48.9. The first-order valence-electron chi connectivity index (χ1n) is 24.9. The molecule has 0 bridgehead atoms. The summed E-state index contributed by atoms with van der Waals surface area (Å²) in [5.41, 5.74) is 0.701. The van der Waals surface area contributed by atoms with Gasteiger partial charge in [0.25, 0.3) is 0 Å². The SMILES string of the molecule is C1CCC(N(C2CCC3C4CCCCC4C(C4CCCCC4)(C4CCCCC4)C3C2)C2CCCC3C4CCC5SC6CCCCC6C5C4OC32)CC1. The first-order chi connectivity index (χ1) is 25.8. The summed E-state index contributed by atoms with van der Waals surface area (Å²) in [5.74, 6) is 10.1. The van der Waals surface area contributed by atoms with Crippen molar-refractivity contribution < 1.29 is 4.74 Å². The number of thioether (sulfide) groups is 1. The van der Waals surface area contributed by atoms with Gasteiger partial charge in [-0.3, -0.25) is 4.90 Å². The third-order valence-electron chi connectivity index (χ3n) is 20.3. The van der Waals surface area contributed by atoms with E-state index < -0.39 is 0 Å². The molecule has 0 amide bonds. The van der Waals surface area contributed by atoms with E-state index >= 15 is 0 Å². The molecule has 14 atom stereocenters. The molecular formula is C49H79NOS. The van der Waals surface area contributed by atoms with Crippen molar-refractivity contribution in [3.63, 3.8) is 0 Å². The maximum absolute atomic E-state index is 7.85. The fourth-order valence-corrected chi connectivity index (χ4v) is 21.0. The van der Waals surface area contributed by atoms with E-state index in [1.165, 1.54) is 109 Å². The van der Waals surface area contributed by atoms with Gasteiger partial charge in [0.05, 0.1) is 12.2 Å². The van der Waals surface area contributed by atoms with Crippen molar-refractivity contribution in [2.45, 2.75) is 240 Å². The molecular weight excluding hydrogens is 651 g/mol. The molecule has 2 saturated heterocycles. The Balaban J connectivity index is 0.934. The molecule has 9 aliphatic carbocycles. The van der Waals surface area contributed by atoms with Crippen LogP contribution in [0.3, 0.4) is 0 Å². The standard InChI is InChI=1S/C49H79NOS/c1-4-15-32(16-5-1)49(33-17-6-2-7-18-33)41-24-12-10-21-36(41)37-28-27-35(31-42(37)49)50(34-19-8-3-9-20-34)43-25-14-23-38-39-29-30-45-46(48(39)51-47(38)43)40-22-11-13-26-44(40)52-45/h32-48H,1-31H2. The topological polar surface area (TPSA) is 12.5 Å². The summed E-state index contributed by atoms with van der Waals surface area (Å²) in [6, 6.07) is 2.43. The van der Waals surface area contributed by atoms with Gasteiger partial charge in [-0.05, 0) is 168 Å². The zero-order valence-electron chi connectivity index (χ0n) is 33.5. The Morgan fingerprint density at radius 3 is 1.77 bits per heavy atom. The van der Waals surface area contributed by atoms with Crippen LogP contribution in [-0.4, -0.2) is 45.7 Å². The quantitative estimate of drug-likeness (QED) is 0.280. The molecule has 0 aromatic rings. The van der Waals surface area contributed by atoms with E-state index in [4.69, 9.17) is 4.74 Å². The van der Waals surface area contributed by atoms with Crippen LogP contribution < -0.4 is 0 Å². The second kappa shape index (κ2) is 14.9. The number of hydrogen-bond acceptors (Lipinski definition) is 3. The molecule has 0 radical (unpaired) electrons. The Hall–Kier alpha value is 0.270. The van der Waals surface area contributed by atoms with Crippen LogP contribution >= 0.6 is 11.8 Å². The lowest BCUT2D eigenvalue weighted by Crippen LogP contribution is -2.59. The van der Waals surface area contributed by atoms with Gasteiger partial charge in [-0.2, -0.15) is 11.8 Å². The van der Waals surface area contributed by atoms with Gasteiger partial charge < -0.3 is 4.74 Å². The number of nitrogens with zero attached hydrogens (tertiary/aromatic N) is 1. The van der Waals surface area contributed by atoms with Crippen LogP contribution in [0.25, 0.3) is 0 Å². The number of rotatable bonds is 5. The van der Waals surface area contributed by atoms with Crippen LogP contribution in [0.15, 0.2) is 0 Å². The van der Waals surface area contributed by atoms with E-state index in [0.29, 0.717) is 17.6 Å². The number of fused-ring (bicyclic) bond motifs is 10. The summed E-state index contributed by atoms with van der Waals surface area (Å²) in [5, 5.41) is 1.90. The van der Waals surface area contributed by atoms with Gasteiger partial charge >= 0.3 is 0 Å². The van der Waals surface area contributed by atoms with Crippen LogP contribution in [0.1, 0.15) is 199 Å². The summed E-state index contributed by atoms with van der Waals surface area (Å²) < 4.78 is 7.85. The first-order valence-corrected chi connectivity index (χ1v) is 25.8. The Bertz CT molecular complexity index is 1200. The van der Waals surface area contributed by atoms with Crippen molar-refractivity contribution in [2.24, 2.45) is 64.6 Å². The highest BCUT2D eigenvalue weighted by Gasteiger charge is 2.67. The number of hydrogen-bond donors (Lipinski definition) is 0. The Morgan fingerprint density at radius 2 is 1.00 bits per heavy atom. The normalized spacial score (nSPS) is 49.8. The van der Waals surface area contributed by atoms with E-state index in [2.05, 4.69) is 16.7 Å². The highest BCUT2D eigenvalue weighted by Crippen LogP contribution is 2.72. The van der Waals surface area contributed by atoms with Crippen LogP contribution in [0, 0.1) is 64.6 Å². The summed E-state index contributed by atoms with van der Waals surface area (Å²) in [7, 11) is 0. The predicted octanol–water partition coefficient (Wildman–Crippen LogP) is 13.0. The van der Waals surface area contributed by atoms with Crippen LogP contribution in [0.4, 0.5) is 0 Å². The van der Waals surface area contributed by atoms with Gasteiger partial charge in [-0.25, -0.2) is 0 Å². The molecule has 2 nitrogen and oxygen atoms in total. The molecule has 0 aromatic heterocycles. The lowest BCUT2D eigenvalue weighted by molar-refractivity contribution is -0.114. The Kier molecular flexibility index (Phi) is 10.1. The largest absolute Gasteiger partial charge is 0.372 e. The van der Waals surface area contributed by atoms with Crippen LogP contribution in [0.5, 0.6) is 0 Å². The minimum Gasteiger partial charge on any atom is -0.372 e. The zero-order chi connectivity index (χ0) is 34.2. The molecule has 2 aliphatic heterocycles. The predicted molar refractivity (Wildman–Crippen MR) is 217 cm³/mol. The second-order valence-electron chi connectivity index (χ2n) is 21.9. The summed E-state index contributed by atoms with van der Waals surface area (Å²) in [4.78, 5) is 3.42. The zero-order valence-corrected chi connectivity index (χ0v) is 34.3. The van der Waals surface area contributed by atoms with Crippen molar-refractivity contribution in [1.29, 1.82) is 0 Å². The van der Waals surface area contributed by atoms with Crippen LogP contribution in [0.2, 0.25) is 0 Å². The summed E-state index contributed by atoms with van der Waals surface area (Å²) in [6.45, 7) is 0. The van der Waals surface area contributed by atoms with Gasteiger partial charge in [-0.15, -0.1) is 0 Å². The van der Waals surface area contributed by atoms with Gasteiger partial charge in [0.15, 0.2) is 0 Å². The molecule has 0 N–H and O–H groups in total. The Morgan fingerprint density at radius 1 is 0.404 bits per heavy atom. The van der Waals surface area contributed by atoms with Gasteiger partial charge in [0.1, 0.15) is 0 Å². The van der Waals surface area contributed by atoms with Gasteiger partial charge in [0.2, 0.25) is 0 Å². The van der Waals surface area contributed by atoms with Crippen LogP contribution in [-0.2, 0) is 4.74 Å². The molecule has 52 heavy (non-hydrogen) atoms. The highest BCUT2D eigenvalue weighted by atomic mass is 32.2. The minimum atomic E-state index is 0.558. The fourth-order valence-electron chi connectivity index (χ4n) is 18.9. The summed E-state index contributed by atoms with van der Waals surface area (Å²) >= 11 is 2.46. The van der Waals surface area contributed by atoms with Crippen molar-refractivity contribution >= 4 is 11.8 Å². The molecule has 292 valence electrons. The maximum Gasteiger partial charge on any atom is 0.0766 e. The van der Waals surface area contributed by atoms with Crippen molar-refractivity contribution in [1.82, 2.24) is 4.90 Å².